The Balaban J connectivity index is 2.46. The van der Waals surface area contributed by atoms with E-state index in [0.717, 1.165) is 13.0 Å². The molecule has 0 saturated carbocycles. The van der Waals surface area contributed by atoms with Crippen LogP contribution in [0.3, 0.4) is 0 Å². The van der Waals surface area contributed by atoms with Gasteiger partial charge in [0.1, 0.15) is 0 Å². The Kier molecular flexibility index (Phi) is 3.89. The highest BCUT2D eigenvalue weighted by Crippen LogP contribution is 2.19. The van der Waals surface area contributed by atoms with Crippen molar-refractivity contribution in [3.8, 4) is 0 Å². The third kappa shape index (κ3) is 3.27. The number of carboxylic acids is 1. The number of likely N-dealkylation sites (tertiary alicyclic amines) is 1. The minimum absolute atomic E-state index is 0.0184. The average molecular weight is 201 g/mol. The van der Waals surface area contributed by atoms with E-state index in [4.69, 9.17) is 5.11 Å². The van der Waals surface area contributed by atoms with Crippen LogP contribution in [0, 0.1) is 5.92 Å². The highest BCUT2D eigenvalue weighted by molar-refractivity contribution is 5.67. The second-order valence-corrected chi connectivity index (χ2v) is 4.40. The van der Waals surface area contributed by atoms with Crippen LogP contribution in [0.2, 0.25) is 0 Å². The van der Waals surface area contributed by atoms with Crippen LogP contribution in [-0.4, -0.2) is 46.3 Å². The molecule has 0 amide bonds. The van der Waals surface area contributed by atoms with E-state index in [1.54, 1.807) is 0 Å². The van der Waals surface area contributed by atoms with E-state index in [0.29, 0.717) is 12.5 Å². The number of hydrogen-bond donors (Lipinski definition) is 2. The van der Waals surface area contributed by atoms with Gasteiger partial charge >= 0.3 is 5.97 Å². The summed E-state index contributed by atoms with van der Waals surface area (Å²) in [4.78, 5) is 12.6. The molecular formula is C10H19NO3. The van der Waals surface area contributed by atoms with Crippen LogP contribution in [0.15, 0.2) is 0 Å². The molecule has 2 N–H and O–H groups in total. The largest absolute Gasteiger partial charge is 0.481 e. The van der Waals surface area contributed by atoms with Crippen molar-refractivity contribution in [1.82, 2.24) is 4.90 Å². The van der Waals surface area contributed by atoms with Gasteiger partial charge in [0, 0.05) is 19.1 Å². The summed E-state index contributed by atoms with van der Waals surface area (Å²) in [5, 5.41) is 18.2. The number of aliphatic hydroxyl groups is 1. The molecule has 0 aliphatic carbocycles. The molecule has 1 rings (SSSR count). The lowest BCUT2D eigenvalue weighted by atomic mass is 9.96. The standard InChI is InChI=1S/C10H19NO3/c1-7-3-9(12)6-11(5-7)8(2)4-10(13)14/h7-9,12H,3-6H2,1-2H3,(H,13,14). The zero-order valence-corrected chi connectivity index (χ0v) is 8.81. The third-order valence-electron chi connectivity index (χ3n) is 2.76. The first-order chi connectivity index (χ1) is 6.49. The van der Waals surface area contributed by atoms with Crippen molar-refractivity contribution in [1.29, 1.82) is 0 Å². The number of rotatable bonds is 3. The Morgan fingerprint density at radius 1 is 1.57 bits per heavy atom. The molecule has 0 aromatic heterocycles. The van der Waals surface area contributed by atoms with E-state index in [1.807, 2.05) is 6.92 Å². The number of carbonyl (C=O) groups is 1. The summed E-state index contributed by atoms with van der Waals surface area (Å²) in [6.45, 7) is 5.49. The first-order valence-electron chi connectivity index (χ1n) is 5.13. The summed E-state index contributed by atoms with van der Waals surface area (Å²) in [6, 6.07) is 0.0184. The van der Waals surface area contributed by atoms with Gasteiger partial charge in [-0.15, -0.1) is 0 Å². The van der Waals surface area contributed by atoms with E-state index in [-0.39, 0.29) is 18.6 Å². The number of carboxylic acid groups (broad SMARTS) is 1. The van der Waals surface area contributed by atoms with E-state index in [9.17, 15) is 9.90 Å². The molecule has 0 radical (unpaired) electrons. The van der Waals surface area contributed by atoms with E-state index in [2.05, 4.69) is 11.8 Å². The fourth-order valence-corrected chi connectivity index (χ4v) is 2.10. The zero-order chi connectivity index (χ0) is 10.7. The van der Waals surface area contributed by atoms with Crippen LogP contribution in [0.1, 0.15) is 26.7 Å². The normalized spacial score (nSPS) is 31.4. The van der Waals surface area contributed by atoms with Crippen LogP contribution >= 0.6 is 0 Å². The summed E-state index contributed by atoms with van der Waals surface area (Å²) >= 11 is 0. The average Bonchev–Trinajstić information content (AvgIpc) is 2.00. The maximum Gasteiger partial charge on any atom is 0.304 e. The van der Waals surface area contributed by atoms with Gasteiger partial charge in [0.15, 0.2) is 0 Å². The van der Waals surface area contributed by atoms with Crippen LogP contribution in [0.5, 0.6) is 0 Å². The molecule has 1 saturated heterocycles. The highest BCUT2D eigenvalue weighted by atomic mass is 16.4. The van der Waals surface area contributed by atoms with Crippen molar-refractivity contribution >= 4 is 5.97 Å². The Bertz CT molecular complexity index is 198. The predicted octanol–water partition coefficient (Wildman–Crippen LogP) is 0.552. The van der Waals surface area contributed by atoms with Crippen LogP contribution in [-0.2, 0) is 4.79 Å². The lowest BCUT2D eigenvalue weighted by Gasteiger charge is -2.37. The summed E-state index contributed by atoms with van der Waals surface area (Å²) in [6.07, 6.45) is 0.686. The molecule has 14 heavy (non-hydrogen) atoms. The van der Waals surface area contributed by atoms with E-state index < -0.39 is 5.97 Å². The Hall–Kier alpha value is -0.610. The SMILES string of the molecule is CC1CC(O)CN(C(C)CC(=O)O)C1. The second-order valence-electron chi connectivity index (χ2n) is 4.40. The molecular weight excluding hydrogens is 182 g/mol. The van der Waals surface area contributed by atoms with Gasteiger partial charge in [0.25, 0.3) is 0 Å². The smallest absolute Gasteiger partial charge is 0.304 e. The van der Waals surface area contributed by atoms with Gasteiger partial charge < -0.3 is 10.2 Å². The van der Waals surface area contributed by atoms with E-state index >= 15 is 0 Å². The molecule has 4 heteroatoms. The van der Waals surface area contributed by atoms with Crippen molar-refractivity contribution in [2.75, 3.05) is 13.1 Å². The van der Waals surface area contributed by atoms with Crippen molar-refractivity contribution in [2.45, 2.75) is 38.8 Å². The molecule has 3 unspecified atom stereocenters. The molecule has 0 spiro atoms. The molecule has 1 aliphatic heterocycles. The molecule has 3 atom stereocenters. The van der Waals surface area contributed by atoms with Gasteiger partial charge in [-0.1, -0.05) is 6.92 Å². The summed E-state index contributed by atoms with van der Waals surface area (Å²) in [5.41, 5.74) is 0. The second kappa shape index (κ2) is 4.75. The minimum atomic E-state index is -0.773. The number of aliphatic carboxylic acids is 1. The number of nitrogens with zero attached hydrogens (tertiary/aromatic N) is 1. The first kappa shape index (κ1) is 11.5. The maximum absolute atomic E-state index is 10.5. The fourth-order valence-electron chi connectivity index (χ4n) is 2.10. The molecule has 0 aromatic rings. The van der Waals surface area contributed by atoms with Gasteiger partial charge in [-0.2, -0.15) is 0 Å². The van der Waals surface area contributed by atoms with Crippen LogP contribution < -0.4 is 0 Å². The quantitative estimate of drug-likeness (QED) is 0.700. The monoisotopic (exact) mass is 201 g/mol. The Morgan fingerprint density at radius 2 is 2.21 bits per heavy atom. The number of piperidine rings is 1. The van der Waals surface area contributed by atoms with Crippen molar-refractivity contribution in [3.05, 3.63) is 0 Å². The van der Waals surface area contributed by atoms with Crippen LogP contribution in [0.25, 0.3) is 0 Å². The number of aliphatic hydroxyl groups excluding tert-OH is 1. The predicted molar refractivity (Wildman–Crippen MR) is 53.1 cm³/mol. The molecule has 1 aliphatic rings. The van der Waals surface area contributed by atoms with Crippen molar-refractivity contribution in [3.63, 3.8) is 0 Å². The minimum Gasteiger partial charge on any atom is -0.481 e. The van der Waals surface area contributed by atoms with Gasteiger partial charge in [-0.05, 0) is 19.3 Å². The molecule has 0 aromatic carbocycles. The number of β-amino-alcohol motifs (C(OH)–C–C–N with tert-alkyl or cyclic N) is 1. The number of hydrogen-bond acceptors (Lipinski definition) is 3. The summed E-state index contributed by atoms with van der Waals surface area (Å²) in [5.74, 6) is -0.319. The lowest BCUT2D eigenvalue weighted by Crippen LogP contribution is -2.47. The molecule has 4 nitrogen and oxygen atoms in total. The van der Waals surface area contributed by atoms with Crippen molar-refractivity contribution in [2.24, 2.45) is 5.92 Å². The Labute approximate surface area is 84.5 Å². The highest BCUT2D eigenvalue weighted by Gasteiger charge is 2.27. The maximum atomic E-state index is 10.5. The van der Waals surface area contributed by atoms with E-state index in [1.165, 1.54) is 0 Å². The fraction of sp³-hybridized carbons (Fsp3) is 0.900. The van der Waals surface area contributed by atoms with Crippen molar-refractivity contribution < 1.29 is 15.0 Å². The molecule has 0 bridgehead atoms. The topological polar surface area (TPSA) is 60.8 Å². The zero-order valence-electron chi connectivity index (χ0n) is 8.81. The molecule has 82 valence electrons. The van der Waals surface area contributed by atoms with Crippen LogP contribution in [0.4, 0.5) is 0 Å². The summed E-state index contributed by atoms with van der Waals surface area (Å²) in [7, 11) is 0. The lowest BCUT2D eigenvalue weighted by molar-refractivity contribution is -0.138. The van der Waals surface area contributed by atoms with Gasteiger partial charge in [-0.3, -0.25) is 9.69 Å². The van der Waals surface area contributed by atoms with Gasteiger partial charge in [0.05, 0.1) is 12.5 Å². The van der Waals surface area contributed by atoms with Gasteiger partial charge in [0.2, 0.25) is 0 Å². The molecule has 1 fully saturated rings. The first-order valence-corrected chi connectivity index (χ1v) is 5.13. The van der Waals surface area contributed by atoms with Gasteiger partial charge in [-0.25, -0.2) is 0 Å². The Morgan fingerprint density at radius 3 is 2.71 bits per heavy atom. The molecule has 1 heterocycles. The summed E-state index contributed by atoms with van der Waals surface area (Å²) < 4.78 is 0. The third-order valence-corrected chi connectivity index (χ3v) is 2.76.